The molecule has 0 amide bonds. The molecular formula is C15H12Br2ClIO2. The largest absolute Gasteiger partial charge is 0.495 e. The van der Waals surface area contributed by atoms with Gasteiger partial charge in [-0.3, -0.25) is 0 Å². The summed E-state index contributed by atoms with van der Waals surface area (Å²) in [6, 6.07) is 9.99. The first-order valence-corrected chi connectivity index (χ1v) is 9.15. The lowest BCUT2D eigenvalue weighted by molar-refractivity contribution is 0.392. The highest BCUT2D eigenvalue weighted by Crippen LogP contribution is 2.45. The Morgan fingerprint density at radius 2 is 1.81 bits per heavy atom. The summed E-state index contributed by atoms with van der Waals surface area (Å²) in [5.41, 5.74) is 2.06. The van der Waals surface area contributed by atoms with Gasteiger partial charge in [0.05, 0.1) is 19.0 Å². The minimum Gasteiger partial charge on any atom is -0.495 e. The summed E-state index contributed by atoms with van der Waals surface area (Å²) < 4.78 is 12.9. The first-order valence-electron chi connectivity index (χ1n) is 5.99. The molecule has 0 aromatic heterocycles. The van der Waals surface area contributed by atoms with E-state index in [4.69, 9.17) is 21.1 Å². The smallest absolute Gasteiger partial charge is 0.145 e. The van der Waals surface area contributed by atoms with Crippen molar-refractivity contribution in [2.24, 2.45) is 0 Å². The molecule has 112 valence electrons. The lowest BCUT2D eigenvalue weighted by Crippen LogP contribution is -2.00. The Labute approximate surface area is 159 Å². The van der Waals surface area contributed by atoms with Crippen LogP contribution in [0.3, 0.4) is 0 Å². The van der Waals surface area contributed by atoms with Crippen molar-refractivity contribution >= 4 is 66.1 Å². The van der Waals surface area contributed by atoms with Crippen LogP contribution in [0.15, 0.2) is 34.8 Å². The molecule has 21 heavy (non-hydrogen) atoms. The Morgan fingerprint density at radius 3 is 2.43 bits per heavy atom. The van der Waals surface area contributed by atoms with Crippen LogP contribution in [0.2, 0.25) is 5.02 Å². The van der Waals surface area contributed by atoms with Gasteiger partial charge in [-0.1, -0.05) is 49.5 Å². The van der Waals surface area contributed by atoms with E-state index >= 15 is 0 Å². The molecular weight excluding hydrogens is 534 g/mol. The number of hydrogen-bond donors (Lipinski definition) is 0. The highest BCUT2D eigenvalue weighted by atomic mass is 127. The van der Waals surface area contributed by atoms with Gasteiger partial charge in [0.25, 0.3) is 0 Å². The third-order valence-corrected chi connectivity index (χ3v) is 5.76. The monoisotopic (exact) mass is 544 g/mol. The number of rotatable bonds is 4. The molecule has 2 rings (SSSR count). The second-order valence-electron chi connectivity index (χ2n) is 4.23. The third kappa shape index (κ3) is 3.68. The minimum absolute atomic E-state index is 0.0417. The van der Waals surface area contributed by atoms with Gasteiger partial charge in [-0.2, -0.15) is 0 Å². The predicted octanol–water partition coefficient (Wildman–Crippen LogP) is 6.21. The van der Waals surface area contributed by atoms with Crippen LogP contribution in [-0.2, 0) is 0 Å². The van der Waals surface area contributed by atoms with Crippen LogP contribution in [0.5, 0.6) is 11.5 Å². The summed E-state index contributed by atoms with van der Waals surface area (Å²) in [7, 11) is 3.19. The van der Waals surface area contributed by atoms with Gasteiger partial charge in [-0.05, 0) is 52.4 Å². The Hall–Kier alpha value is 0.0200. The number of alkyl halides is 1. The molecule has 0 aliphatic rings. The molecule has 0 fully saturated rings. The third-order valence-electron chi connectivity index (χ3n) is 3.02. The van der Waals surface area contributed by atoms with Gasteiger partial charge < -0.3 is 9.47 Å². The zero-order chi connectivity index (χ0) is 15.6. The van der Waals surface area contributed by atoms with Gasteiger partial charge in [-0.25, -0.2) is 0 Å². The topological polar surface area (TPSA) is 18.5 Å². The van der Waals surface area contributed by atoms with Crippen molar-refractivity contribution in [3.8, 4) is 11.5 Å². The van der Waals surface area contributed by atoms with E-state index in [2.05, 4.69) is 60.5 Å². The molecule has 6 heteroatoms. The molecule has 1 unspecified atom stereocenters. The average Bonchev–Trinajstić information content (AvgIpc) is 2.48. The number of methoxy groups -OCH3 is 2. The van der Waals surface area contributed by atoms with Crippen LogP contribution >= 0.6 is 66.1 Å². The molecule has 0 aliphatic carbocycles. The lowest BCUT2D eigenvalue weighted by atomic mass is 10.0. The van der Waals surface area contributed by atoms with E-state index in [0.29, 0.717) is 16.5 Å². The maximum absolute atomic E-state index is 6.33. The number of hydrogen-bond acceptors (Lipinski definition) is 2. The molecule has 1 atom stereocenters. The van der Waals surface area contributed by atoms with E-state index in [-0.39, 0.29) is 4.83 Å². The Balaban J connectivity index is 2.55. The van der Waals surface area contributed by atoms with Crippen molar-refractivity contribution in [3.05, 3.63) is 54.5 Å². The molecule has 0 N–H and O–H groups in total. The van der Waals surface area contributed by atoms with Gasteiger partial charge in [0.15, 0.2) is 0 Å². The van der Waals surface area contributed by atoms with Crippen molar-refractivity contribution in [3.63, 3.8) is 0 Å². The van der Waals surface area contributed by atoms with E-state index in [1.54, 1.807) is 14.2 Å². The molecule has 0 aliphatic heterocycles. The Bertz CT molecular complexity index is 664. The van der Waals surface area contributed by atoms with Gasteiger partial charge >= 0.3 is 0 Å². The highest BCUT2D eigenvalue weighted by molar-refractivity contribution is 14.1. The number of benzene rings is 2. The minimum atomic E-state index is -0.0417. The Kier molecular flexibility index (Phi) is 6.23. The quantitative estimate of drug-likeness (QED) is 0.336. The van der Waals surface area contributed by atoms with Gasteiger partial charge in [0, 0.05) is 13.6 Å². The lowest BCUT2D eigenvalue weighted by Gasteiger charge is -2.18. The van der Waals surface area contributed by atoms with Crippen molar-refractivity contribution in [2.45, 2.75) is 4.83 Å². The average molecular weight is 546 g/mol. The number of halogens is 4. The van der Waals surface area contributed by atoms with Crippen molar-refractivity contribution < 1.29 is 9.47 Å². The van der Waals surface area contributed by atoms with Gasteiger partial charge in [-0.15, -0.1) is 0 Å². The molecule has 0 bridgehead atoms. The fourth-order valence-electron chi connectivity index (χ4n) is 1.99. The summed E-state index contributed by atoms with van der Waals surface area (Å²) in [4.78, 5) is -0.0417. The zero-order valence-corrected chi connectivity index (χ0v) is 17.4. The standard InChI is InChI=1S/C15H12Br2ClIO2/c1-20-12-6-4-9(15(21-2)14(12)18)13(17)10-7-8(19)3-5-11(10)16/h3-7,13H,1-2H3. The second kappa shape index (κ2) is 7.53. The molecule has 2 nitrogen and oxygen atoms in total. The first-order chi connectivity index (χ1) is 9.99. The maximum atomic E-state index is 6.33. The van der Waals surface area contributed by atoms with Crippen LogP contribution in [0.4, 0.5) is 0 Å². The first kappa shape index (κ1) is 17.4. The predicted molar refractivity (Wildman–Crippen MR) is 102 cm³/mol. The van der Waals surface area contributed by atoms with Crippen molar-refractivity contribution in [2.75, 3.05) is 14.2 Å². The van der Waals surface area contributed by atoms with Crippen molar-refractivity contribution in [1.29, 1.82) is 0 Å². The van der Waals surface area contributed by atoms with E-state index in [0.717, 1.165) is 19.2 Å². The summed E-state index contributed by atoms with van der Waals surface area (Å²) in [5, 5.41) is 0.476. The van der Waals surface area contributed by atoms with E-state index in [1.165, 1.54) is 0 Å². The van der Waals surface area contributed by atoms with E-state index in [1.807, 2.05) is 24.3 Å². The molecule has 0 heterocycles. The van der Waals surface area contributed by atoms with Crippen LogP contribution in [-0.4, -0.2) is 14.2 Å². The second-order valence-corrected chi connectivity index (χ2v) is 7.63. The zero-order valence-electron chi connectivity index (χ0n) is 11.3. The van der Waals surface area contributed by atoms with Crippen LogP contribution in [0.1, 0.15) is 16.0 Å². The molecule has 2 aromatic carbocycles. The van der Waals surface area contributed by atoms with E-state index in [9.17, 15) is 0 Å². The van der Waals surface area contributed by atoms with Crippen LogP contribution in [0, 0.1) is 3.57 Å². The molecule has 2 aromatic rings. The molecule has 0 spiro atoms. The molecule has 0 saturated carbocycles. The van der Waals surface area contributed by atoms with E-state index < -0.39 is 0 Å². The van der Waals surface area contributed by atoms with Gasteiger partial charge in [0.1, 0.15) is 16.5 Å². The van der Waals surface area contributed by atoms with Crippen LogP contribution < -0.4 is 9.47 Å². The van der Waals surface area contributed by atoms with Crippen LogP contribution in [0.25, 0.3) is 0 Å². The summed E-state index contributed by atoms with van der Waals surface area (Å²) in [5.74, 6) is 1.21. The summed E-state index contributed by atoms with van der Waals surface area (Å²) in [6.45, 7) is 0. The highest BCUT2D eigenvalue weighted by Gasteiger charge is 2.21. The Morgan fingerprint density at radius 1 is 1.10 bits per heavy atom. The normalized spacial score (nSPS) is 12.1. The number of ether oxygens (including phenoxy) is 2. The molecule has 0 saturated heterocycles. The van der Waals surface area contributed by atoms with Crippen molar-refractivity contribution in [1.82, 2.24) is 0 Å². The summed E-state index contributed by atoms with van der Waals surface area (Å²) in [6.07, 6.45) is 0. The SMILES string of the molecule is COc1ccc(C(Br)c2cc(I)ccc2Br)c(OC)c1Cl. The summed E-state index contributed by atoms with van der Waals surface area (Å²) >= 11 is 16.0. The fourth-order valence-corrected chi connectivity index (χ4v) is 4.36. The molecule has 0 radical (unpaired) electrons. The maximum Gasteiger partial charge on any atom is 0.145 e. The fraction of sp³-hybridized carbons (Fsp3) is 0.200. The van der Waals surface area contributed by atoms with Gasteiger partial charge in [0.2, 0.25) is 0 Å².